The molecule has 1 amide bonds. The summed E-state index contributed by atoms with van der Waals surface area (Å²) in [6.45, 7) is 4.02. The number of rotatable bonds is 6. The Morgan fingerprint density at radius 3 is 2.50 bits per heavy atom. The molecule has 0 bridgehead atoms. The minimum atomic E-state index is -1.18. The lowest BCUT2D eigenvalue weighted by Gasteiger charge is -2.08. The molecule has 5 nitrogen and oxygen atoms in total. The predicted molar refractivity (Wildman–Crippen MR) is 74.9 cm³/mol. The Hall–Kier alpha value is -2.30. The number of carboxylic acids is 1. The van der Waals surface area contributed by atoms with E-state index in [2.05, 4.69) is 5.32 Å². The molecule has 0 aliphatic carbocycles. The van der Waals surface area contributed by atoms with Crippen molar-refractivity contribution in [2.24, 2.45) is 5.92 Å². The summed E-state index contributed by atoms with van der Waals surface area (Å²) < 4.78 is 4.96. The first kappa shape index (κ1) is 15.8. The number of allylic oxidation sites excluding steroid dienone is 1. The number of carbonyl (C=O) groups excluding carboxylic acids is 1. The number of benzene rings is 1. The van der Waals surface area contributed by atoms with Gasteiger partial charge in [-0.15, -0.1) is 0 Å². The molecule has 108 valence electrons. The molecule has 0 aliphatic rings. The van der Waals surface area contributed by atoms with E-state index in [1.165, 1.54) is 6.08 Å². The summed E-state index contributed by atoms with van der Waals surface area (Å²) in [7, 11) is 0. The maximum Gasteiger partial charge on any atom is 0.412 e. The highest BCUT2D eigenvalue weighted by Crippen LogP contribution is 2.04. The number of carboxylic acid groups (broad SMARTS) is 1. The van der Waals surface area contributed by atoms with Crippen LogP contribution in [0.4, 0.5) is 4.79 Å². The Morgan fingerprint density at radius 1 is 1.30 bits per heavy atom. The van der Waals surface area contributed by atoms with E-state index in [-0.39, 0.29) is 12.3 Å². The second-order valence-corrected chi connectivity index (χ2v) is 4.74. The molecule has 0 atom stereocenters. The average molecular weight is 277 g/mol. The van der Waals surface area contributed by atoms with E-state index in [0.717, 1.165) is 5.56 Å². The number of alkyl carbamates (subject to hydrolysis) is 1. The molecule has 0 aromatic heterocycles. The molecule has 5 heteroatoms. The lowest BCUT2D eigenvalue weighted by molar-refractivity contribution is -0.133. The largest absolute Gasteiger partial charge is 0.477 e. The van der Waals surface area contributed by atoms with Gasteiger partial charge < -0.3 is 9.84 Å². The maximum atomic E-state index is 11.5. The van der Waals surface area contributed by atoms with Gasteiger partial charge in [-0.05, 0) is 17.9 Å². The van der Waals surface area contributed by atoms with Crippen molar-refractivity contribution in [3.05, 3.63) is 47.7 Å². The molecule has 1 aromatic carbocycles. The van der Waals surface area contributed by atoms with Crippen LogP contribution >= 0.6 is 0 Å². The predicted octanol–water partition coefficient (Wildman–Crippen LogP) is 2.93. The number of amides is 1. The zero-order valence-electron chi connectivity index (χ0n) is 11.6. The molecule has 2 N–H and O–H groups in total. The smallest absolute Gasteiger partial charge is 0.412 e. The zero-order chi connectivity index (χ0) is 15.0. The summed E-state index contributed by atoms with van der Waals surface area (Å²) in [5.74, 6) is -0.867. The minimum Gasteiger partial charge on any atom is -0.477 e. The van der Waals surface area contributed by atoms with Crippen molar-refractivity contribution in [1.29, 1.82) is 0 Å². The first-order valence-corrected chi connectivity index (χ1v) is 6.40. The summed E-state index contributed by atoms with van der Waals surface area (Å²) in [6.07, 6.45) is 1.28. The normalized spacial score (nSPS) is 11.2. The Bertz CT molecular complexity index is 480. The van der Waals surface area contributed by atoms with Gasteiger partial charge in [-0.3, -0.25) is 5.32 Å². The van der Waals surface area contributed by atoms with Crippen LogP contribution in [0, 0.1) is 5.92 Å². The number of ether oxygens (including phenoxy) is 1. The Kier molecular flexibility index (Phi) is 6.29. The number of aliphatic carboxylic acids is 1. The number of hydrogen-bond donors (Lipinski definition) is 2. The van der Waals surface area contributed by atoms with Crippen molar-refractivity contribution in [3.63, 3.8) is 0 Å². The van der Waals surface area contributed by atoms with Crippen LogP contribution in [0.25, 0.3) is 0 Å². The van der Waals surface area contributed by atoms with E-state index in [1.54, 1.807) is 0 Å². The van der Waals surface area contributed by atoms with Crippen molar-refractivity contribution in [2.45, 2.75) is 26.9 Å². The van der Waals surface area contributed by atoms with Gasteiger partial charge in [0.15, 0.2) is 0 Å². The van der Waals surface area contributed by atoms with E-state index in [9.17, 15) is 9.59 Å². The van der Waals surface area contributed by atoms with E-state index < -0.39 is 12.1 Å². The monoisotopic (exact) mass is 277 g/mol. The molecule has 20 heavy (non-hydrogen) atoms. The van der Waals surface area contributed by atoms with Crippen LogP contribution in [-0.2, 0) is 16.1 Å². The fourth-order valence-electron chi connectivity index (χ4n) is 1.41. The third kappa shape index (κ3) is 6.04. The Balaban J connectivity index is 2.50. The molecular weight excluding hydrogens is 258 g/mol. The summed E-state index contributed by atoms with van der Waals surface area (Å²) >= 11 is 0. The van der Waals surface area contributed by atoms with E-state index >= 15 is 0 Å². The van der Waals surface area contributed by atoms with Gasteiger partial charge in [-0.25, -0.2) is 9.59 Å². The second kappa shape index (κ2) is 7.99. The molecule has 0 saturated carbocycles. The molecule has 0 heterocycles. The van der Waals surface area contributed by atoms with Crippen molar-refractivity contribution in [1.82, 2.24) is 5.32 Å². The first-order valence-electron chi connectivity index (χ1n) is 6.40. The van der Waals surface area contributed by atoms with Crippen molar-refractivity contribution in [2.75, 3.05) is 0 Å². The molecule has 0 radical (unpaired) electrons. The summed E-state index contributed by atoms with van der Waals surface area (Å²) in [6, 6.07) is 9.17. The van der Waals surface area contributed by atoms with Crippen LogP contribution in [0.15, 0.2) is 42.1 Å². The summed E-state index contributed by atoms with van der Waals surface area (Å²) in [5, 5.41) is 11.2. The Morgan fingerprint density at radius 2 is 1.95 bits per heavy atom. The summed E-state index contributed by atoms with van der Waals surface area (Å²) in [4.78, 5) is 22.5. The molecule has 0 saturated heterocycles. The van der Waals surface area contributed by atoms with Gasteiger partial charge in [0.1, 0.15) is 12.3 Å². The van der Waals surface area contributed by atoms with Crippen LogP contribution in [-0.4, -0.2) is 17.2 Å². The van der Waals surface area contributed by atoms with Crippen LogP contribution in [0.1, 0.15) is 25.8 Å². The van der Waals surface area contributed by atoms with E-state index in [4.69, 9.17) is 9.84 Å². The van der Waals surface area contributed by atoms with Gasteiger partial charge in [0, 0.05) is 0 Å². The standard InChI is InChI=1S/C15H19NO4/c1-11(2)8-9-13(14(17)18)16-15(19)20-10-12-6-4-3-5-7-12/h3-7,9,11H,8,10H2,1-2H3,(H,16,19)(H,17,18)/b13-9+. The zero-order valence-corrected chi connectivity index (χ0v) is 11.6. The summed E-state index contributed by atoms with van der Waals surface area (Å²) in [5.41, 5.74) is 0.683. The third-order valence-corrected chi connectivity index (χ3v) is 2.47. The van der Waals surface area contributed by atoms with Gasteiger partial charge in [-0.1, -0.05) is 50.3 Å². The van der Waals surface area contributed by atoms with Crippen LogP contribution in [0.2, 0.25) is 0 Å². The van der Waals surface area contributed by atoms with Crippen LogP contribution in [0.5, 0.6) is 0 Å². The van der Waals surface area contributed by atoms with Gasteiger partial charge in [-0.2, -0.15) is 0 Å². The number of hydrogen-bond acceptors (Lipinski definition) is 3. The molecule has 0 fully saturated rings. The maximum absolute atomic E-state index is 11.5. The highest BCUT2D eigenvalue weighted by atomic mass is 16.5. The SMILES string of the molecule is CC(C)C/C=C(/NC(=O)OCc1ccccc1)C(=O)O. The molecule has 0 aliphatic heterocycles. The van der Waals surface area contributed by atoms with Gasteiger partial charge in [0.25, 0.3) is 0 Å². The van der Waals surface area contributed by atoms with Crippen molar-refractivity contribution in [3.8, 4) is 0 Å². The van der Waals surface area contributed by atoms with Gasteiger partial charge >= 0.3 is 12.1 Å². The Labute approximate surface area is 118 Å². The number of carbonyl (C=O) groups is 2. The fourth-order valence-corrected chi connectivity index (χ4v) is 1.41. The fraction of sp³-hybridized carbons (Fsp3) is 0.333. The molecule has 1 rings (SSSR count). The van der Waals surface area contributed by atoms with E-state index in [0.29, 0.717) is 12.3 Å². The highest BCUT2D eigenvalue weighted by Gasteiger charge is 2.12. The van der Waals surface area contributed by atoms with Crippen molar-refractivity contribution < 1.29 is 19.4 Å². The average Bonchev–Trinajstić information content (AvgIpc) is 2.41. The third-order valence-electron chi connectivity index (χ3n) is 2.47. The lowest BCUT2D eigenvalue weighted by Crippen LogP contribution is -2.28. The van der Waals surface area contributed by atoms with E-state index in [1.807, 2.05) is 44.2 Å². The topological polar surface area (TPSA) is 75.6 Å². The van der Waals surface area contributed by atoms with Gasteiger partial charge in [0.2, 0.25) is 0 Å². The second-order valence-electron chi connectivity index (χ2n) is 4.74. The van der Waals surface area contributed by atoms with Crippen LogP contribution in [0.3, 0.4) is 0 Å². The first-order chi connectivity index (χ1) is 9.49. The molecule has 1 aromatic rings. The van der Waals surface area contributed by atoms with Gasteiger partial charge in [0.05, 0.1) is 0 Å². The minimum absolute atomic E-state index is 0.101. The quantitative estimate of drug-likeness (QED) is 0.784. The number of nitrogens with one attached hydrogen (secondary N) is 1. The van der Waals surface area contributed by atoms with Crippen molar-refractivity contribution >= 4 is 12.1 Å². The lowest BCUT2D eigenvalue weighted by atomic mass is 10.1. The molecule has 0 unspecified atom stereocenters. The van der Waals surface area contributed by atoms with Crippen LogP contribution < -0.4 is 5.32 Å². The molecular formula is C15H19NO4. The molecule has 0 spiro atoms. The highest BCUT2D eigenvalue weighted by molar-refractivity contribution is 5.90.